The number of nitriles is 1. The number of carbonyl (C=O) groups excluding carboxylic acids is 1. The monoisotopic (exact) mass is 294 g/mol. The van der Waals surface area contributed by atoms with Gasteiger partial charge in [-0.25, -0.2) is 4.79 Å². The Balaban J connectivity index is 1.66. The van der Waals surface area contributed by atoms with Crippen LogP contribution in [0.25, 0.3) is 10.9 Å². The van der Waals surface area contributed by atoms with Gasteiger partial charge in [-0.1, -0.05) is 12.1 Å². The van der Waals surface area contributed by atoms with Crippen LogP contribution >= 0.6 is 0 Å². The molecular weight excluding hydrogens is 280 g/mol. The number of furan rings is 1. The van der Waals surface area contributed by atoms with E-state index in [1.54, 1.807) is 36.7 Å². The molecule has 2 heterocycles. The van der Waals surface area contributed by atoms with E-state index in [0.29, 0.717) is 17.7 Å². The molecule has 2 aromatic heterocycles. The maximum Gasteiger partial charge on any atom is 0.340 e. The number of ether oxygens (including phenoxy) is 1. The molecule has 5 nitrogen and oxygen atoms in total. The lowest BCUT2D eigenvalue weighted by molar-refractivity contribution is 0.0468. The highest BCUT2D eigenvalue weighted by Gasteiger charge is 2.16. The van der Waals surface area contributed by atoms with Gasteiger partial charge in [0, 0.05) is 18.0 Å². The molecule has 1 N–H and O–H groups in total. The quantitative estimate of drug-likeness (QED) is 0.732. The number of fused-ring (bicyclic) bond motifs is 1. The fraction of sp³-hybridized carbons (Fsp3) is 0.176. The summed E-state index contributed by atoms with van der Waals surface area (Å²) in [5.74, 6) is -0.167. The lowest BCUT2D eigenvalue weighted by Crippen LogP contribution is -2.15. The number of benzene rings is 1. The fourth-order valence-electron chi connectivity index (χ4n) is 2.32. The summed E-state index contributed by atoms with van der Waals surface area (Å²) in [6.07, 6.45) is 3.75. The average molecular weight is 294 g/mol. The highest BCUT2D eigenvalue weighted by Crippen LogP contribution is 2.18. The van der Waals surface area contributed by atoms with Crippen LogP contribution in [0.4, 0.5) is 0 Å². The molecule has 1 unspecified atom stereocenters. The Morgan fingerprint density at radius 2 is 2.23 bits per heavy atom. The van der Waals surface area contributed by atoms with Gasteiger partial charge in [0.25, 0.3) is 0 Å². The lowest BCUT2D eigenvalue weighted by atomic mass is 10.1. The summed E-state index contributed by atoms with van der Waals surface area (Å²) in [5, 5.41) is 10.1. The number of carbonyl (C=O) groups is 1. The third-order valence-electron chi connectivity index (χ3n) is 3.43. The molecule has 1 aromatic carbocycles. The van der Waals surface area contributed by atoms with Gasteiger partial charge in [0.1, 0.15) is 12.4 Å². The van der Waals surface area contributed by atoms with Gasteiger partial charge in [-0.3, -0.25) is 0 Å². The van der Waals surface area contributed by atoms with E-state index >= 15 is 0 Å². The topological polar surface area (TPSA) is 79.0 Å². The van der Waals surface area contributed by atoms with Gasteiger partial charge in [0.05, 0.1) is 29.3 Å². The third-order valence-corrected chi connectivity index (χ3v) is 3.43. The zero-order chi connectivity index (χ0) is 15.4. The fourth-order valence-corrected chi connectivity index (χ4v) is 2.32. The average Bonchev–Trinajstić information content (AvgIpc) is 3.21. The van der Waals surface area contributed by atoms with Crippen molar-refractivity contribution in [2.75, 3.05) is 6.61 Å². The number of rotatable bonds is 5. The first-order chi connectivity index (χ1) is 10.8. The first-order valence-electron chi connectivity index (χ1n) is 6.93. The van der Waals surface area contributed by atoms with Crippen molar-refractivity contribution in [3.63, 3.8) is 0 Å². The summed E-state index contributed by atoms with van der Waals surface area (Å²) in [6, 6.07) is 13.0. The molecule has 0 aliphatic rings. The Hall–Kier alpha value is -3.00. The van der Waals surface area contributed by atoms with Crippen molar-refractivity contribution in [3.05, 3.63) is 60.2 Å². The summed E-state index contributed by atoms with van der Waals surface area (Å²) in [4.78, 5) is 15.2. The van der Waals surface area contributed by atoms with E-state index in [2.05, 4.69) is 11.1 Å². The highest BCUT2D eigenvalue weighted by molar-refractivity contribution is 6.02. The Labute approximate surface area is 127 Å². The van der Waals surface area contributed by atoms with Gasteiger partial charge < -0.3 is 14.1 Å². The van der Waals surface area contributed by atoms with Crippen LogP contribution in [-0.4, -0.2) is 17.6 Å². The SMILES string of the molecule is N#CC(COC(=O)c1cccc2cc[nH]c12)Cc1ccco1. The molecule has 0 aliphatic carbocycles. The second-order valence-corrected chi connectivity index (χ2v) is 4.96. The van der Waals surface area contributed by atoms with E-state index in [1.165, 1.54) is 0 Å². The maximum absolute atomic E-state index is 12.2. The van der Waals surface area contributed by atoms with E-state index in [9.17, 15) is 4.79 Å². The minimum atomic E-state index is -0.437. The molecule has 0 saturated carbocycles. The smallest absolute Gasteiger partial charge is 0.340 e. The molecule has 1 atom stereocenters. The Morgan fingerprint density at radius 1 is 1.32 bits per heavy atom. The lowest BCUT2D eigenvalue weighted by Gasteiger charge is -2.09. The zero-order valence-electron chi connectivity index (χ0n) is 11.8. The van der Waals surface area contributed by atoms with Crippen molar-refractivity contribution in [3.8, 4) is 6.07 Å². The largest absolute Gasteiger partial charge is 0.469 e. The maximum atomic E-state index is 12.2. The molecule has 0 saturated heterocycles. The van der Waals surface area contributed by atoms with Crippen LogP contribution in [0.1, 0.15) is 16.1 Å². The standard InChI is InChI=1S/C17H14N2O3/c18-10-12(9-14-4-2-8-21-14)11-22-17(20)15-5-1-3-13-6-7-19-16(13)15/h1-8,12,19H,9,11H2. The molecule has 0 fully saturated rings. The summed E-state index contributed by atoms with van der Waals surface area (Å²) in [5.41, 5.74) is 1.21. The molecule has 22 heavy (non-hydrogen) atoms. The normalized spacial score (nSPS) is 12.0. The molecule has 110 valence electrons. The number of H-pyrrole nitrogens is 1. The van der Waals surface area contributed by atoms with Crippen LogP contribution in [0.2, 0.25) is 0 Å². The minimum absolute atomic E-state index is 0.0349. The Kier molecular flexibility index (Phi) is 3.92. The van der Waals surface area contributed by atoms with E-state index in [0.717, 1.165) is 10.9 Å². The molecule has 3 aromatic rings. The first-order valence-corrected chi connectivity index (χ1v) is 6.93. The van der Waals surface area contributed by atoms with Crippen molar-refractivity contribution in [1.82, 2.24) is 4.98 Å². The number of para-hydroxylation sites is 1. The van der Waals surface area contributed by atoms with Gasteiger partial charge in [-0.2, -0.15) is 5.26 Å². The molecule has 0 aliphatic heterocycles. The predicted molar refractivity (Wildman–Crippen MR) is 80.1 cm³/mol. The summed E-state index contributed by atoms with van der Waals surface area (Å²) in [6.45, 7) is 0.0349. The van der Waals surface area contributed by atoms with Crippen LogP contribution in [-0.2, 0) is 11.2 Å². The number of esters is 1. The van der Waals surface area contributed by atoms with Crippen molar-refractivity contribution in [2.45, 2.75) is 6.42 Å². The van der Waals surface area contributed by atoms with E-state index in [-0.39, 0.29) is 6.61 Å². The van der Waals surface area contributed by atoms with Crippen molar-refractivity contribution < 1.29 is 13.9 Å². The highest BCUT2D eigenvalue weighted by atomic mass is 16.5. The van der Waals surface area contributed by atoms with Crippen molar-refractivity contribution in [1.29, 1.82) is 5.26 Å². The summed E-state index contributed by atoms with van der Waals surface area (Å²) < 4.78 is 10.5. The predicted octanol–water partition coefficient (Wildman–Crippen LogP) is 3.30. The molecule has 0 radical (unpaired) electrons. The molecular formula is C17H14N2O3. The van der Waals surface area contributed by atoms with E-state index < -0.39 is 11.9 Å². The second kappa shape index (κ2) is 6.19. The zero-order valence-corrected chi connectivity index (χ0v) is 11.8. The molecule has 0 spiro atoms. The Bertz CT molecular complexity index is 812. The number of nitrogens with zero attached hydrogens (tertiary/aromatic N) is 1. The minimum Gasteiger partial charge on any atom is -0.469 e. The van der Waals surface area contributed by atoms with Crippen molar-refractivity contribution >= 4 is 16.9 Å². The molecule has 3 rings (SSSR count). The second-order valence-electron chi connectivity index (χ2n) is 4.96. The summed E-state index contributed by atoms with van der Waals surface area (Å²) >= 11 is 0. The number of hydrogen-bond acceptors (Lipinski definition) is 4. The third kappa shape index (κ3) is 2.86. The van der Waals surface area contributed by atoms with E-state index in [4.69, 9.17) is 14.4 Å². The summed E-state index contributed by atoms with van der Waals surface area (Å²) in [7, 11) is 0. The van der Waals surface area contributed by atoms with Gasteiger partial charge in [-0.15, -0.1) is 0 Å². The van der Waals surface area contributed by atoms with Gasteiger partial charge >= 0.3 is 5.97 Å². The van der Waals surface area contributed by atoms with Crippen LogP contribution in [0.5, 0.6) is 0 Å². The van der Waals surface area contributed by atoms with Crippen molar-refractivity contribution in [2.24, 2.45) is 5.92 Å². The Morgan fingerprint density at radius 3 is 3.00 bits per heavy atom. The number of aromatic amines is 1. The number of nitrogens with one attached hydrogen (secondary N) is 1. The van der Waals surface area contributed by atoms with Crippen LogP contribution in [0, 0.1) is 17.2 Å². The van der Waals surface area contributed by atoms with Gasteiger partial charge in [-0.05, 0) is 24.3 Å². The van der Waals surface area contributed by atoms with Crippen LogP contribution in [0.3, 0.4) is 0 Å². The van der Waals surface area contributed by atoms with Crippen LogP contribution < -0.4 is 0 Å². The number of hydrogen-bond donors (Lipinski definition) is 1. The van der Waals surface area contributed by atoms with Gasteiger partial charge in [0.2, 0.25) is 0 Å². The molecule has 5 heteroatoms. The van der Waals surface area contributed by atoms with Gasteiger partial charge in [0.15, 0.2) is 0 Å². The molecule has 0 bridgehead atoms. The van der Waals surface area contributed by atoms with Crippen LogP contribution in [0.15, 0.2) is 53.3 Å². The number of aromatic nitrogens is 1. The molecule has 0 amide bonds. The first kappa shape index (κ1) is 14.0. The van der Waals surface area contributed by atoms with E-state index in [1.807, 2.05) is 12.1 Å².